The van der Waals surface area contributed by atoms with Crippen molar-refractivity contribution in [2.45, 2.75) is 44.7 Å². The van der Waals surface area contributed by atoms with E-state index in [-0.39, 0.29) is 23.0 Å². The minimum absolute atomic E-state index is 0.00955. The van der Waals surface area contributed by atoms with Crippen LogP contribution in [0.1, 0.15) is 31.4 Å². The highest BCUT2D eigenvalue weighted by molar-refractivity contribution is 7.92. The van der Waals surface area contributed by atoms with Crippen LogP contribution in [0.25, 0.3) is 0 Å². The fourth-order valence-corrected chi connectivity index (χ4v) is 5.94. The maximum atomic E-state index is 13.9. The Balaban J connectivity index is 2.06. The lowest BCUT2D eigenvalue weighted by atomic mass is 10.1. The van der Waals surface area contributed by atoms with E-state index in [0.29, 0.717) is 33.6 Å². The Bertz CT molecular complexity index is 1410. The number of benzene rings is 3. The van der Waals surface area contributed by atoms with Crippen molar-refractivity contribution in [1.82, 2.24) is 10.2 Å². The van der Waals surface area contributed by atoms with Gasteiger partial charge in [0, 0.05) is 33.7 Å². The van der Waals surface area contributed by atoms with Crippen molar-refractivity contribution >= 4 is 62.3 Å². The summed E-state index contributed by atoms with van der Waals surface area (Å²) < 4.78 is 28.6. The maximum Gasteiger partial charge on any atom is 0.264 e. The van der Waals surface area contributed by atoms with Gasteiger partial charge in [0.2, 0.25) is 11.8 Å². The van der Waals surface area contributed by atoms with E-state index in [1.807, 2.05) is 13.8 Å². The van der Waals surface area contributed by atoms with Crippen LogP contribution in [0, 0.1) is 6.92 Å². The molecule has 11 heteroatoms. The molecule has 3 aromatic rings. The summed E-state index contributed by atoms with van der Waals surface area (Å²) in [6, 6.07) is 16.5. The minimum Gasteiger partial charge on any atom is -0.354 e. The number of sulfonamides is 1. The molecule has 2 amide bonds. The van der Waals surface area contributed by atoms with Crippen LogP contribution in [-0.2, 0) is 26.2 Å². The van der Waals surface area contributed by atoms with Crippen molar-refractivity contribution in [3.05, 3.63) is 92.9 Å². The standard InChI is InChI=1S/C28H30Cl3N3O4S/c1-4-15-32-28(36)20(3)33(17-24-25(30)9-6-10-26(24)31)27(35)18-34(22-8-5-7-21(29)16-22)39(37,38)23-13-11-19(2)12-14-23/h5-14,16,20H,4,15,17-18H2,1-3H3,(H,32,36)/t20-/m0/s1. The van der Waals surface area contributed by atoms with Crippen LogP contribution in [0.5, 0.6) is 0 Å². The molecule has 1 atom stereocenters. The van der Waals surface area contributed by atoms with Gasteiger partial charge in [-0.15, -0.1) is 0 Å². The molecule has 0 bridgehead atoms. The van der Waals surface area contributed by atoms with Crippen LogP contribution in [0.3, 0.4) is 0 Å². The molecule has 0 spiro atoms. The second-order valence-corrected chi connectivity index (χ2v) is 12.1. The van der Waals surface area contributed by atoms with E-state index >= 15 is 0 Å². The number of carbonyl (C=O) groups is 2. The molecule has 3 rings (SSSR count). The molecule has 0 aliphatic heterocycles. The first-order valence-corrected chi connectivity index (χ1v) is 14.9. The van der Waals surface area contributed by atoms with Crippen LogP contribution < -0.4 is 9.62 Å². The molecular weight excluding hydrogens is 581 g/mol. The predicted octanol–water partition coefficient (Wildman–Crippen LogP) is 6.09. The summed E-state index contributed by atoms with van der Waals surface area (Å²) in [6.45, 7) is 5.06. The second kappa shape index (κ2) is 13.5. The number of aryl methyl sites for hydroxylation is 1. The maximum absolute atomic E-state index is 13.9. The lowest BCUT2D eigenvalue weighted by Crippen LogP contribution is -2.51. The number of nitrogens with one attached hydrogen (secondary N) is 1. The molecule has 0 radical (unpaired) electrons. The number of nitrogens with zero attached hydrogens (tertiary/aromatic N) is 2. The summed E-state index contributed by atoms with van der Waals surface area (Å²) in [7, 11) is -4.19. The molecule has 1 N–H and O–H groups in total. The number of hydrogen-bond acceptors (Lipinski definition) is 4. The topological polar surface area (TPSA) is 86.8 Å². The van der Waals surface area contributed by atoms with E-state index in [9.17, 15) is 18.0 Å². The molecule has 7 nitrogen and oxygen atoms in total. The van der Waals surface area contributed by atoms with Crippen molar-refractivity contribution in [2.75, 3.05) is 17.4 Å². The van der Waals surface area contributed by atoms with Gasteiger partial charge in [0.05, 0.1) is 10.6 Å². The SMILES string of the molecule is CCCNC(=O)[C@H](C)N(Cc1c(Cl)cccc1Cl)C(=O)CN(c1cccc(Cl)c1)S(=O)(=O)c1ccc(C)cc1. The fraction of sp³-hybridized carbons (Fsp3) is 0.286. The molecule has 0 heterocycles. The molecule has 0 aromatic heterocycles. The van der Waals surface area contributed by atoms with Gasteiger partial charge >= 0.3 is 0 Å². The lowest BCUT2D eigenvalue weighted by Gasteiger charge is -2.32. The monoisotopic (exact) mass is 609 g/mol. The highest BCUT2D eigenvalue weighted by atomic mass is 35.5. The Morgan fingerprint density at radius 2 is 1.56 bits per heavy atom. The van der Waals surface area contributed by atoms with Crippen molar-refractivity contribution in [3.63, 3.8) is 0 Å². The van der Waals surface area contributed by atoms with Crippen molar-refractivity contribution < 1.29 is 18.0 Å². The summed E-state index contributed by atoms with van der Waals surface area (Å²) in [5, 5.41) is 3.73. The van der Waals surface area contributed by atoms with Gasteiger partial charge in [-0.1, -0.05) is 71.6 Å². The Hall–Kier alpha value is -2.78. The summed E-state index contributed by atoms with van der Waals surface area (Å²) in [4.78, 5) is 28.1. The van der Waals surface area contributed by atoms with Gasteiger partial charge in [-0.3, -0.25) is 13.9 Å². The summed E-state index contributed by atoms with van der Waals surface area (Å²) in [6.07, 6.45) is 0.708. The number of anilines is 1. The van der Waals surface area contributed by atoms with E-state index < -0.39 is 28.5 Å². The third-order valence-corrected chi connectivity index (χ3v) is 8.82. The molecule has 3 aromatic carbocycles. The lowest BCUT2D eigenvalue weighted by molar-refractivity contribution is -0.139. The fourth-order valence-electron chi connectivity index (χ4n) is 3.83. The summed E-state index contributed by atoms with van der Waals surface area (Å²) in [5.74, 6) is -1.01. The van der Waals surface area contributed by atoms with Gasteiger partial charge < -0.3 is 10.2 Å². The Kier molecular flexibility index (Phi) is 10.7. The first-order valence-electron chi connectivity index (χ1n) is 12.3. The van der Waals surface area contributed by atoms with Gasteiger partial charge in [0.25, 0.3) is 10.0 Å². The molecule has 0 aliphatic rings. The van der Waals surface area contributed by atoms with Crippen LogP contribution in [0.2, 0.25) is 15.1 Å². The molecule has 0 aliphatic carbocycles. The number of hydrogen-bond donors (Lipinski definition) is 1. The smallest absolute Gasteiger partial charge is 0.264 e. The first-order chi connectivity index (χ1) is 18.4. The zero-order valence-electron chi connectivity index (χ0n) is 21.8. The van der Waals surface area contributed by atoms with Crippen molar-refractivity contribution in [1.29, 1.82) is 0 Å². The van der Waals surface area contributed by atoms with Gasteiger partial charge in [-0.05, 0) is 62.7 Å². The predicted molar refractivity (Wildman–Crippen MR) is 157 cm³/mol. The van der Waals surface area contributed by atoms with Gasteiger partial charge in [0.15, 0.2) is 0 Å². The van der Waals surface area contributed by atoms with E-state index in [4.69, 9.17) is 34.8 Å². The molecule has 0 saturated heterocycles. The normalized spacial score (nSPS) is 12.1. The largest absolute Gasteiger partial charge is 0.354 e. The molecular formula is C28H30Cl3N3O4S. The van der Waals surface area contributed by atoms with Gasteiger partial charge in [0.1, 0.15) is 12.6 Å². The first kappa shape index (κ1) is 30.8. The third-order valence-electron chi connectivity index (χ3n) is 6.09. The van der Waals surface area contributed by atoms with Crippen LogP contribution >= 0.6 is 34.8 Å². The molecule has 208 valence electrons. The molecule has 0 unspecified atom stereocenters. The Morgan fingerprint density at radius 1 is 0.949 bits per heavy atom. The van der Waals surface area contributed by atoms with Gasteiger partial charge in [-0.25, -0.2) is 8.42 Å². The summed E-state index contributed by atoms with van der Waals surface area (Å²) in [5.41, 5.74) is 1.53. The minimum atomic E-state index is -4.19. The highest BCUT2D eigenvalue weighted by Crippen LogP contribution is 2.29. The zero-order valence-corrected chi connectivity index (χ0v) is 24.9. The van der Waals surface area contributed by atoms with Crippen LogP contribution in [0.4, 0.5) is 5.69 Å². The Morgan fingerprint density at radius 3 is 2.15 bits per heavy atom. The number of amides is 2. The quantitative estimate of drug-likeness (QED) is 0.285. The number of rotatable bonds is 11. The van der Waals surface area contributed by atoms with E-state index in [1.165, 1.54) is 23.1 Å². The van der Waals surface area contributed by atoms with Crippen molar-refractivity contribution in [3.8, 4) is 0 Å². The zero-order chi connectivity index (χ0) is 28.7. The number of halogens is 3. The average molecular weight is 611 g/mol. The molecule has 0 saturated carbocycles. The van der Waals surface area contributed by atoms with E-state index in [1.54, 1.807) is 55.5 Å². The highest BCUT2D eigenvalue weighted by Gasteiger charge is 2.33. The second-order valence-electron chi connectivity index (χ2n) is 8.99. The van der Waals surface area contributed by atoms with Crippen LogP contribution in [0.15, 0.2) is 71.6 Å². The molecule has 39 heavy (non-hydrogen) atoms. The van der Waals surface area contributed by atoms with Crippen molar-refractivity contribution in [2.24, 2.45) is 0 Å². The van der Waals surface area contributed by atoms with Gasteiger partial charge in [-0.2, -0.15) is 0 Å². The van der Waals surface area contributed by atoms with E-state index in [0.717, 1.165) is 9.87 Å². The van der Waals surface area contributed by atoms with Crippen LogP contribution in [-0.4, -0.2) is 44.3 Å². The van der Waals surface area contributed by atoms with E-state index in [2.05, 4.69) is 5.32 Å². The Labute approximate surface area is 244 Å². The molecule has 0 fully saturated rings. The third kappa shape index (κ3) is 7.66. The summed E-state index contributed by atoms with van der Waals surface area (Å²) >= 11 is 19.0. The number of carbonyl (C=O) groups excluding carboxylic acids is 2. The average Bonchev–Trinajstić information content (AvgIpc) is 2.89.